The number of rotatable bonds is 14. The summed E-state index contributed by atoms with van der Waals surface area (Å²) in [6.45, 7) is 14.1. The number of carbonyl (C=O) groups excluding carboxylic acids is 2. The van der Waals surface area contributed by atoms with Gasteiger partial charge in [-0.15, -0.1) is 0 Å². The number of ether oxygens (including phenoxy) is 5. The molecular weight excluding hydrogens is 448 g/mol. The Morgan fingerprint density at radius 2 is 1.66 bits per heavy atom. The molecule has 7 heteroatoms. The van der Waals surface area contributed by atoms with Crippen LogP contribution in [0.25, 0.3) is 0 Å². The number of esters is 2. The zero-order chi connectivity index (χ0) is 26.0. The zero-order valence-corrected chi connectivity index (χ0v) is 22.7. The number of benzene rings is 1. The molecule has 0 amide bonds. The van der Waals surface area contributed by atoms with Crippen molar-refractivity contribution in [1.29, 1.82) is 0 Å². The van der Waals surface area contributed by atoms with Gasteiger partial charge in [-0.25, -0.2) is 0 Å². The Labute approximate surface area is 210 Å². The van der Waals surface area contributed by atoms with Crippen LogP contribution >= 0.6 is 0 Å². The molecule has 1 aliphatic heterocycles. The summed E-state index contributed by atoms with van der Waals surface area (Å²) >= 11 is 0. The second-order valence-corrected chi connectivity index (χ2v) is 10.1. The van der Waals surface area contributed by atoms with Crippen LogP contribution in [0, 0.1) is 26.7 Å². The minimum atomic E-state index is -0.447. The van der Waals surface area contributed by atoms with Crippen LogP contribution in [0.5, 0.6) is 11.5 Å². The highest BCUT2D eigenvalue weighted by Crippen LogP contribution is 2.45. The monoisotopic (exact) mass is 492 g/mol. The lowest BCUT2D eigenvalue weighted by Crippen LogP contribution is -2.37. The molecule has 0 N–H and O–H groups in total. The van der Waals surface area contributed by atoms with Crippen LogP contribution < -0.4 is 9.47 Å². The smallest absolute Gasteiger partial charge is 0.311 e. The summed E-state index contributed by atoms with van der Waals surface area (Å²) in [5.41, 5.74) is 3.80. The maximum atomic E-state index is 12.5. The highest BCUT2D eigenvalue weighted by Gasteiger charge is 2.34. The lowest BCUT2D eigenvalue weighted by molar-refractivity contribution is -0.148. The summed E-state index contributed by atoms with van der Waals surface area (Å²) in [6, 6.07) is 0. The van der Waals surface area contributed by atoms with Gasteiger partial charge in [0.15, 0.2) is 0 Å². The fourth-order valence-corrected chi connectivity index (χ4v) is 4.39. The van der Waals surface area contributed by atoms with Gasteiger partial charge in [0, 0.05) is 12.7 Å². The van der Waals surface area contributed by atoms with Crippen LogP contribution in [0.4, 0.5) is 0 Å². The Kier molecular flexibility index (Phi) is 11.5. The molecule has 1 atom stereocenters. The van der Waals surface area contributed by atoms with Crippen LogP contribution in [-0.2, 0) is 30.2 Å². The van der Waals surface area contributed by atoms with Crippen molar-refractivity contribution in [1.82, 2.24) is 0 Å². The molecule has 1 aromatic rings. The molecule has 1 aromatic carbocycles. The third-order valence-corrected chi connectivity index (χ3v) is 6.72. The molecule has 0 saturated heterocycles. The van der Waals surface area contributed by atoms with E-state index < -0.39 is 11.9 Å². The molecule has 0 spiro atoms. The molecule has 198 valence electrons. The van der Waals surface area contributed by atoms with Gasteiger partial charge < -0.3 is 23.7 Å². The maximum absolute atomic E-state index is 12.5. The van der Waals surface area contributed by atoms with Gasteiger partial charge in [-0.3, -0.25) is 9.59 Å². The van der Waals surface area contributed by atoms with E-state index in [9.17, 15) is 9.59 Å². The fraction of sp³-hybridized carbons (Fsp3) is 0.714. The van der Waals surface area contributed by atoms with Crippen LogP contribution in [0.15, 0.2) is 0 Å². The predicted octanol–water partition coefficient (Wildman–Crippen LogP) is 5.41. The fourth-order valence-electron chi connectivity index (χ4n) is 4.39. The maximum Gasteiger partial charge on any atom is 0.311 e. The Balaban J connectivity index is 1.94. The first-order valence-electron chi connectivity index (χ1n) is 12.8. The van der Waals surface area contributed by atoms with E-state index in [1.807, 2.05) is 20.8 Å². The first-order valence-corrected chi connectivity index (χ1v) is 12.8. The molecule has 0 saturated carbocycles. The third-order valence-electron chi connectivity index (χ3n) is 6.72. The van der Waals surface area contributed by atoms with Crippen LogP contribution in [-0.4, -0.2) is 51.1 Å². The summed E-state index contributed by atoms with van der Waals surface area (Å²) in [7, 11) is 1.59. The van der Waals surface area contributed by atoms with Gasteiger partial charge in [0.25, 0.3) is 0 Å². The zero-order valence-electron chi connectivity index (χ0n) is 22.7. The third kappa shape index (κ3) is 8.80. The van der Waals surface area contributed by atoms with Crippen LogP contribution in [0.1, 0.15) is 81.5 Å². The van der Waals surface area contributed by atoms with Crippen LogP contribution in [0.2, 0.25) is 0 Å². The minimum Gasteiger partial charge on any atom is -0.487 e. The molecule has 1 unspecified atom stereocenters. The van der Waals surface area contributed by atoms with Gasteiger partial charge in [-0.2, -0.15) is 0 Å². The summed E-state index contributed by atoms with van der Waals surface area (Å²) in [5, 5.41) is 0. The SMILES string of the molecule is COCCOCCOC(=O)CCC(=O)Oc1c(C)c(C)c2c(c1C)CCC(C)(CCCC(C)C)O2. The molecule has 0 aliphatic carbocycles. The van der Waals surface area contributed by atoms with Crippen LogP contribution in [0.3, 0.4) is 0 Å². The summed E-state index contributed by atoms with van der Waals surface area (Å²) < 4.78 is 27.5. The number of hydrogen-bond donors (Lipinski definition) is 0. The van der Waals surface area contributed by atoms with E-state index in [2.05, 4.69) is 20.8 Å². The van der Waals surface area contributed by atoms with Crippen molar-refractivity contribution in [3.8, 4) is 11.5 Å². The highest BCUT2D eigenvalue weighted by molar-refractivity contribution is 5.80. The number of fused-ring (bicyclic) bond motifs is 1. The van der Waals surface area contributed by atoms with E-state index in [0.29, 0.717) is 31.5 Å². The topological polar surface area (TPSA) is 80.3 Å². The predicted molar refractivity (Wildman–Crippen MR) is 135 cm³/mol. The van der Waals surface area contributed by atoms with Gasteiger partial charge >= 0.3 is 11.9 Å². The van der Waals surface area contributed by atoms with Crippen molar-refractivity contribution in [2.75, 3.05) is 33.5 Å². The molecule has 0 aromatic heterocycles. The Hall–Kier alpha value is -2.12. The summed E-state index contributed by atoms with van der Waals surface area (Å²) in [5.74, 6) is 1.32. The number of hydrogen-bond acceptors (Lipinski definition) is 7. The van der Waals surface area contributed by atoms with Gasteiger partial charge in [0.05, 0.1) is 32.7 Å². The van der Waals surface area contributed by atoms with Gasteiger partial charge in [-0.1, -0.05) is 20.3 Å². The molecule has 35 heavy (non-hydrogen) atoms. The molecule has 7 nitrogen and oxygen atoms in total. The Morgan fingerprint density at radius 1 is 0.971 bits per heavy atom. The van der Waals surface area contributed by atoms with Crippen molar-refractivity contribution in [3.63, 3.8) is 0 Å². The van der Waals surface area contributed by atoms with E-state index >= 15 is 0 Å². The molecule has 0 fully saturated rings. The largest absolute Gasteiger partial charge is 0.487 e. The minimum absolute atomic E-state index is 0.0310. The highest BCUT2D eigenvalue weighted by atomic mass is 16.6. The first kappa shape index (κ1) is 29.1. The molecule has 0 radical (unpaired) electrons. The van der Waals surface area contributed by atoms with E-state index in [1.165, 1.54) is 6.42 Å². The first-order chi connectivity index (χ1) is 16.6. The Morgan fingerprint density at radius 3 is 2.34 bits per heavy atom. The molecular formula is C28H44O7. The molecule has 0 bridgehead atoms. The second-order valence-electron chi connectivity index (χ2n) is 10.1. The number of methoxy groups -OCH3 is 1. The van der Waals surface area contributed by atoms with Crippen molar-refractivity contribution >= 4 is 11.9 Å². The standard InChI is InChI=1S/C28H44O7/c1-19(2)9-8-13-28(6)14-12-23-22(5)26(20(3)21(4)27(23)35-28)34-25(30)11-10-24(29)33-18-17-32-16-15-31-7/h19H,8-18H2,1-7H3. The number of carbonyl (C=O) groups is 2. The normalized spacial score (nSPS) is 17.1. The van der Waals surface area contributed by atoms with Crippen molar-refractivity contribution in [2.45, 2.75) is 92.1 Å². The average molecular weight is 493 g/mol. The van der Waals surface area contributed by atoms with E-state index in [0.717, 1.165) is 53.7 Å². The molecule has 2 rings (SSSR count). The van der Waals surface area contributed by atoms with E-state index in [-0.39, 0.29) is 25.0 Å². The van der Waals surface area contributed by atoms with E-state index in [4.69, 9.17) is 23.7 Å². The van der Waals surface area contributed by atoms with E-state index in [1.54, 1.807) is 7.11 Å². The Bertz CT molecular complexity index is 862. The summed E-state index contributed by atoms with van der Waals surface area (Å²) in [6.07, 6.45) is 5.15. The summed E-state index contributed by atoms with van der Waals surface area (Å²) in [4.78, 5) is 24.4. The molecule has 1 aliphatic rings. The second kappa shape index (κ2) is 13.8. The lowest BCUT2D eigenvalue weighted by Gasteiger charge is -2.38. The average Bonchev–Trinajstić information content (AvgIpc) is 2.81. The van der Waals surface area contributed by atoms with Crippen molar-refractivity contribution < 1.29 is 33.3 Å². The lowest BCUT2D eigenvalue weighted by atomic mass is 9.84. The van der Waals surface area contributed by atoms with Gasteiger partial charge in [-0.05, 0) is 76.0 Å². The quantitative estimate of drug-likeness (QED) is 0.195. The molecule has 1 heterocycles. The van der Waals surface area contributed by atoms with Gasteiger partial charge in [0.1, 0.15) is 23.7 Å². The van der Waals surface area contributed by atoms with Gasteiger partial charge in [0.2, 0.25) is 0 Å². The van der Waals surface area contributed by atoms with Crippen molar-refractivity contribution in [3.05, 3.63) is 22.3 Å². The van der Waals surface area contributed by atoms with Crippen molar-refractivity contribution in [2.24, 2.45) is 5.92 Å².